The first-order valence-electron chi connectivity index (χ1n) is 11.0. The van der Waals surface area contributed by atoms with Crippen LogP contribution in [0.5, 0.6) is 0 Å². The Kier molecular flexibility index (Phi) is 35.6. The third-order valence-corrected chi connectivity index (χ3v) is 4.69. The van der Waals surface area contributed by atoms with Gasteiger partial charge in [-0.1, -0.05) is 0 Å². The van der Waals surface area contributed by atoms with Crippen molar-refractivity contribution in [2.75, 3.05) is 0 Å². The molecule has 8 N–H and O–H groups in total. The fraction of sp³-hybridized carbons (Fsp3) is 0.833. The summed E-state index contributed by atoms with van der Waals surface area (Å²) in [7, 11) is -9.31. The van der Waals surface area contributed by atoms with Crippen LogP contribution >= 0.6 is 7.82 Å². The number of aliphatic hydroxyl groups is 1. The van der Waals surface area contributed by atoms with Crippen LogP contribution in [0.1, 0.15) is 84.0 Å². The molecule has 0 aromatic heterocycles. The molecule has 0 aliphatic rings. The molecule has 0 aliphatic heterocycles. The van der Waals surface area contributed by atoms with Crippen molar-refractivity contribution in [3.8, 4) is 0 Å². The van der Waals surface area contributed by atoms with Crippen LogP contribution in [0.2, 0.25) is 3.67 Å². The maximum Gasteiger partial charge on any atom is 1.00 e. The summed E-state index contributed by atoms with van der Waals surface area (Å²) in [5.74, 6) is -5.34. The summed E-state index contributed by atoms with van der Waals surface area (Å²) < 4.78 is 42.0. The smallest absolute Gasteiger partial charge is 0.550 e. The Morgan fingerprint density at radius 1 is 0.838 bits per heavy atom. The number of hydrogen-bond donors (Lipinski definition) is 8. The molecular formula is C18H37Na2O15PS. The minimum absolute atomic E-state index is 0. The number of rotatable bonds is 15. The number of carbonyl (C=O) groups excluding carboxylic acids is 1. The molecule has 37 heavy (non-hydrogen) atoms. The summed E-state index contributed by atoms with van der Waals surface area (Å²) in [6.45, 7) is 2.29. The van der Waals surface area contributed by atoms with Gasteiger partial charge in [0.25, 0.3) is 0 Å². The first kappa shape index (κ1) is 47.2. The van der Waals surface area contributed by atoms with E-state index >= 15 is 0 Å². The van der Waals surface area contributed by atoms with E-state index in [0.717, 1.165) is 0 Å². The zero-order valence-corrected chi connectivity index (χ0v) is 27.2. The number of hydrogen-bond acceptors (Lipinski definition) is 8. The molecule has 1 unspecified atom stereocenters. The van der Waals surface area contributed by atoms with E-state index in [1.807, 2.05) is 0 Å². The molecule has 0 saturated heterocycles. The van der Waals surface area contributed by atoms with Gasteiger partial charge in [0.2, 0.25) is 0 Å². The van der Waals surface area contributed by atoms with Crippen molar-refractivity contribution in [3.05, 3.63) is 0 Å². The fourth-order valence-electron chi connectivity index (χ4n) is 2.44. The van der Waals surface area contributed by atoms with Crippen LogP contribution < -0.4 is 34.7 Å². The Bertz CT molecular complexity index is 701. The van der Waals surface area contributed by atoms with Gasteiger partial charge < -0.3 is 39.9 Å². The number of phosphoric acid groups is 1. The maximum atomic E-state index is 10.3. The van der Waals surface area contributed by atoms with Gasteiger partial charge in [-0.05, 0) is 0 Å². The van der Waals surface area contributed by atoms with Crippen LogP contribution in [-0.2, 0) is 29.3 Å². The van der Waals surface area contributed by atoms with Crippen molar-refractivity contribution in [2.45, 2.75) is 93.2 Å². The average Bonchev–Trinajstić information content (AvgIpc) is 2.63. The maximum absolute atomic E-state index is 10.3. The molecule has 0 rings (SSSR count). The second-order valence-corrected chi connectivity index (χ2v) is 10.5. The summed E-state index contributed by atoms with van der Waals surface area (Å²) in [4.78, 5) is 51.9. The molecule has 0 aromatic rings. The van der Waals surface area contributed by atoms with Gasteiger partial charge >= 0.3 is 162 Å². The van der Waals surface area contributed by atoms with E-state index in [4.69, 9.17) is 52.1 Å². The first-order valence-corrected chi connectivity index (χ1v) is 15.4. The Hall–Kier alpha value is 0.350. The second kappa shape index (κ2) is 27.9. The average molecular weight is 603 g/mol. The number of unbranched alkanes of at least 4 members (excludes halogenated alkanes) is 9. The van der Waals surface area contributed by atoms with E-state index < -0.39 is 54.6 Å². The molecule has 0 aliphatic carbocycles. The molecule has 0 aromatic carbocycles. The summed E-state index contributed by atoms with van der Waals surface area (Å²) in [5, 5.41) is 35.5. The zero-order chi connectivity index (χ0) is 29.4. The first-order chi connectivity index (χ1) is 16.2. The van der Waals surface area contributed by atoms with Gasteiger partial charge in [-0.25, -0.2) is 9.36 Å². The van der Waals surface area contributed by atoms with Crippen LogP contribution in [0.15, 0.2) is 0 Å². The molecule has 0 saturated carbocycles. The van der Waals surface area contributed by atoms with Gasteiger partial charge in [-0.3, -0.25) is 13.9 Å². The van der Waals surface area contributed by atoms with Gasteiger partial charge in [0.15, 0.2) is 5.60 Å². The van der Waals surface area contributed by atoms with Crippen LogP contribution in [0, 0.1) is 0 Å². The molecule has 1 atom stereocenters. The van der Waals surface area contributed by atoms with E-state index in [0.29, 0.717) is 0 Å². The molecule has 212 valence electrons. The van der Waals surface area contributed by atoms with Crippen LogP contribution in [0.3, 0.4) is 0 Å². The Balaban J connectivity index is -0.000000133. The van der Waals surface area contributed by atoms with Gasteiger partial charge in [0, 0.05) is 12.4 Å². The van der Waals surface area contributed by atoms with Gasteiger partial charge in [0.05, 0.1) is 6.42 Å². The molecule has 0 spiro atoms. The Labute approximate surface area is 256 Å². The van der Waals surface area contributed by atoms with Gasteiger partial charge in [0.1, 0.15) is 0 Å². The number of carboxylic acid groups (broad SMARTS) is 3. The SMILES string of the molecule is CCCCCCCCCCC[CH2][Na].O=C([O-])CC(O)(CC(=O)O)C(=O)O.O=P(O)(O)O.O=S(=O)(O)O.[Na+]. The summed E-state index contributed by atoms with van der Waals surface area (Å²) in [6.07, 6.45) is 12.3. The molecule has 0 amide bonds. The summed E-state index contributed by atoms with van der Waals surface area (Å²) in [6, 6.07) is 0. The second-order valence-electron chi connectivity index (χ2n) is 7.60. The molecule has 0 bridgehead atoms. The predicted octanol–water partition coefficient (Wildman–Crippen LogP) is -2.67. The third kappa shape index (κ3) is 61.8. The topological polar surface area (TPSA) is 287 Å². The van der Waals surface area contributed by atoms with Crippen molar-refractivity contribution < 1.29 is 101 Å². The summed E-state index contributed by atoms with van der Waals surface area (Å²) >= 11 is 1.41. The van der Waals surface area contributed by atoms with E-state index in [2.05, 4.69) is 6.92 Å². The number of aliphatic carboxylic acids is 3. The largest absolute Gasteiger partial charge is 1.00 e. The Morgan fingerprint density at radius 2 is 1.14 bits per heavy atom. The van der Waals surface area contributed by atoms with Gasteiger partial charge in [-0.2, -0.15) is 8.42 Å². The minimum Gasteiger partial charge on any atom is -0.550 e. The molecule has 15 nitrogen and oxygen atoms in total. The quantitative estimate of drug-likeness (QED) is 0.0410. The zero-order valence-electron chi connectivity index (χ0n) is 21.5. The van der Waals surface area contributed by atoms with Crippen molar-refractivity contribution in [2.24, 2.45) is 0 Å². The molecule has 19 heteroatoms. The Morgan fingerprint density at radius 3 is 1.35 bits per heavy atom. The standard InChI is InChI=1S/C12H25.C6H8O7.2Na.H3O4P.H2O4S/c1-3-5-7-9-11-12-10-8-6-4-2;7-3(8)1-6(13,5(11)12)2-4(9)10;;;2*1-5(2,3)4/h1,3-12H2,2H3;13H,1-2H2,(H,7,8)(H,9,10)(H,11,12);;;(H3,1,2,3,4);(H2,1,2,3,4)/q;;;+1;;/p-1. The third-order valence-electron chi connectivity index (χ3n) is 3.99. The van der Waals surface area contributed by atoms with Crippen molar-refractivity contribution in [1.82, 2.24) is 0 Å². The van der Waals surface area contributed by atoms with Crippen molar-refractivity contribution in [3.63, 3.8) is 0 Å². The minimum atomic E-state index is -4.67. The van der Waals surface area contributed by atoms with E-state index in [-0.39, 0.29) is 29.6 Å². The van der Waals surface area contributed by atoms with Crippen molar-refractivity contribution in [1.29, 1.82) is 0 Å². The van der Waals surface area contributed by atoms with Crippen molar-refractivity contribution >= 4 is 64.1 Å². The van der Waals surface area contributed by atoms with E-state index in [9.17, 15) is 19.5 Å². The van der Waals surface area contributed by atoms with E-state index in [1.54, 1.807) is 0 Å². The van der Waals surface area contributed by atoms with E-state index in [1.165, 1.54) is 95.8 Å². The van der Waals surface area contributed by atoms with Gasteiger partial charge in [-0.15, -0.1) is 0 Å². The normalized spacial score (nSPS) is 12.0. The van der Waals surface area contributed by atoms with Crippen LogP contribution in [0.4, 0.5) is 0 Å². The van der Waals surface area contributed by atoms with Crippen LogP contribution in [-0.4, -0.2) is 99.0 Å². The number of carboxylic acids is 3. The van der Waals surface area contributed by atoms with Crippen LogP contribution in [0.25, 0.3) is 0 Å². The molecule has 0 fully saturated rings. The molecule has 0 radical (unpaired) electrons. The monoisotopic (exact) mass is 602 g/mol. The fourth-order valence-corrected chi connectivity index (χ4v) is 2.94. The molecular weight excluding hydrogens is 565 g/mol. The summed E-state index contributed by atoms with van der Waals surface area (Å²) in [5.41, 5.74) is -2.80. The predicted molar refractivity (Wildman–Crippen MR) is 125 cm³/mol. The number of carbonyl (C=O) groups is 3. The molecule has 0 heterocycles.